The Labute approximate surface area is 80.3 Å². The highest BCUT2D eigenvalue weighted by Crippen LogP contribution is 2.16. The van der Waals surface area contributed by atoms with E-state index in [1.807, 2.05) is 0 Å². The molecule has 2 atom stereocenters. The van der Waals surface area contributed by atoms with Crippen molar-refractivity contribution in [3.05, 3.63) is 35.6 Å². The van der Waals surface area contributed by atoms with E-state index in [2.05, 4.69) is 0 Å². The quantitative estimate of drug-likeness (QED) is 0.648. The second-order valence-corrected chi connectivity index (χ2v) is 2.91. The van der Waals surface area contributed by atoms with E-state index in [0.717, 1.165) is 0 Å². The number of hydrogen-bond donors (Lipinski definition) is 3. The second-order valence-electron chi connectivity index (χ2n) is 2.91. The van der Waals surface area contributed by atoms with Crippen LogP contribution in [0.4, 0.5) is 4.39 Å². The molecule has 4 nitrogen and oxygen atoms in total. The van der Waals surface area contributed by atoms with Gasteiger partial charge in [0.2, 0.25) is 0 Å². The molecule has 5 N–H and O–H groups in total. The molecule has 0 amide bonds. The third kappa shape index (κ3) is 2.07. The van der Waals surface area contributed by atoms with Gasteiger partial charge in [-0.25, -0.2) is 4.39 Å². The zero-order valence-corrected chi connectivity index (χ0v) is 7.35. The van der Waals surface area contributed by atoms with Crippen molar-refractivity contribution >= 4 is 5.97 Å². The minimum absolute atomic E-state index is 0.113. The summed E-state index contributed by atoms with van der Waals surface area (Å²) in [5, 5.41) is 8.58. The van der Waals surface area contributed by atoms with Crippen LogP contribution < -0.4 is 11.5 Å². The molecule has 1 aromatic carbocycles. The highest BCUT2D eigenvalue weighted by molar-refractivity contribution is 5.74. The molecule has 2 unspecified atom stereocenters. The fourth-order valence-corrected chi connectivity index (χ4v) is 1.09. The van der Waals surface area contributed by atoms with Crippen molar-refractivity contribution in [2.24, 2.45) is 11.5 Å². The maximum Gasteiger partial charge on any atom is 0.322 e. The summed E-state index contributed by atoms with van der Waals surface area (Å²) in [4.78, 5) is 10.5. The number of carbonyl (C=O) groups is 1. The number of nitrogens with two attached hydrogens (primary N) is 2. The highest BCUT2D eigenvalue weighted by atomic mass is 19.1. The van der Waals surface area contributed by atoms with Gasteiger partial charge in [0.15, 0.2) is 0 Å². The Morgan fingerprint density at radius 3 is 2.43 bits per heavy atom. The lowest BCUT2D eigenvalue weighted by Gasteiger charge is -2.16. The van der Waals surface area contributed by atoms with Crippen molar-refractivity contribution < 1.29 is 14.3 Å². The summed E-state index contributed by atoms with van der Waals surface area (Å²) in [5.74, 6) is -1.79. The molecular formula is C9H11FN2O2. The third-order valence-electron chi connectivity index (χ3n) is 1.94. The molecule has 0 saturated heterocycles. The number of rotatable bonds is 3. The molecule has 0 radical (unpaired) electrons. The van der Waals surface area contributed by atoms with Gasteiger partial charge >= 0.3 is 5.97 Å². The van der Waals surface area contributed by atoms with Gasteiger partial charge in [0.05, 0.1) is 6.04 Å². The standard InChI is InChI=1S/C9H11FN2O2/c10-6-4-2-1-3-5(6)7(11)8(12)9(13)14/h1-4,7-8H,11-12H2,(H,13,14). The molecule has 0 spiro atoms. The van der Waals surface area contributed by atoms with Gasteiger partial charge in [0.1, 0.15) is 11.9 Å². The molecule has 14 heavy (non-hydrogen) atoms. The van der Waals surface area contributed by atoms with E-state index in [9.17, 15) is 9.18 Å². The van der Waals surface area contributed by atoms with Crippen LogP contribution in [0, 0.1) is 5.82 Å². The summed E-state index contributed by atoms with van der Waals surface area (Å²) in [6.07, 6.45) is 0. The predicted molar refractivity (Wildman–Crippen MR) is 48.9 cm³/mol. The summed E-state index contributed by atoms with van der Waals surface area (Å²) < 4.78 is 13.1. The van der Waals surface area contributed by atoms with Crippen LogP contribution in [0.3, 0.4) is 0 Å². The molecule has 0 aliphatic rings. The molecule has 0 aromatic heterocycles. The van der Waals surface area contributed by atoms with Crippen molar-refractivity contribution in [1.82, 2.24) is 0 Å². The fraction of sp³-hybridized carbons (Fsp3) is 0.222. The highest BCUT2D eigenvalue weighted by Gasteiger charge is 2.23. The molecule has 0 aliphatic carbocycles. The summed E-state index contributed by atoms with van der Waals surface area (Å²) in [7, 11) is 0. The van der Waals surface area contributed by atoms with Gasteiger partial charge in [-0.2, -0.15) is 0 Å². The van der Waals surface area contributed by atoms with E-state index in [0.29, 0.717) is 0 Å². The Hall–Kier alpha value is -1.46. The normalized spacial score (nSPS) is 14.8. The molecule has 1 rings (SSSR count). The molecule has 0 fully saturated rings. The zero-order valence-electron chi connectivity index (χ0n) is 7.35. The first-order valence-corrected chi connectivity index (χ1v) is 4.02. The predicted octanol–water partition coefficient (Wildman–Crippen LogP) is 0.237. The lowest BCUT2D eigenvalue weighted by molar-refractivity contribution is -0.139. The van der Waals surface area contributed by atoms with Crippen molar-refractivity contribution in [3.63, 3.8) is 0 Å². The van der Waals surface area contributed by atoms with Gasteiger partial charge in [0, 0.05) is 5.56 Å². The van der Waals surface area contributed by atoms with Crippen LogP contribution in [0.2, 0.25) is 0 Å². The fourth-order valence-electron chi connectivity index (χ4n) is 1.09. The monoisotopic (exact) mass is 198 g/mol. The van der Waals surface area contributed by atoms with E-state index in [4.69, 9.17) is 16.6 Å². The number of carboxylic acids is 1. The van der Waals surface area contributed by atoms with Crippen LogP contribution in [0.25, 0.3) is 0 Å². The minimum Gasteiger partial charge on any atom is -0.480 e. The Kier molecular flexibility index (Phi) is 3.16. The van der Waals surface area contributed by atoms with Gasteiger partial charge in [0.25, 0.3) is 0 Å². The smallest absolute Gasteiger partial charge is 0.322 e. The van der Waals surface area contributed by atoms with Crippen molar-refractivity contribution in [3.8, 4) is 0 Å². The Morgan fingerprint density at radius 1 is 1.36 bits per heavy atom. The number of benzene rings is 1. The van der Waals surface area contributed by atoms with Crippen LogP contribution in [0.1, 0.15) is 11.6 Å². The SMILES string of the molecule is NC(C(=O)O)C(N)c1ccccc1F. The number of aliphatic carboxylic acids is 1. The maximum atomic E-state index is 13.1. The Bertz CT molecular complexity index is 343. The molecule has 0 heterocycles. The summed E-state index contributed by atoms with van der Waals surface area (Å²) in [5.41, 5.74) is 10.9. The molecule has 0 saturated carbocycles. The zero-order chi connectivity index (χ0) is 10.7. The lowest BCUT2D eigenvalue weighted by atomic mass is 10.0. The first-order chi connectivity index (χ1) is 6.54. The average Bonchev–Trinajstić information content (AvgIpc) is 2.16. The molecule has 5 heteroatoms. The average molecular weight is 198 g/mol. The topological polar surface area (TPSA) is 89.3 Å². The van der Waals surface area contributed by atoms with Crippen LogP contribution >= 0.6 is 0 Å². The van der Waals surface area contributed by atoms with Crippen molar-refractivity contribution in [1.29, 1.82) is 0 Å². The van der Waals surface area contributed by atoms with Gasteiger partial charge in [-0.05, 0) is 6.07 Å². The van der Waals surface area contributed by atoms with Crippen molar-refractivity contribution in [2.75, 3.05) is 0 Å². The molecule has 0 bridgehead atoms. The maximum absolute atomic E-state index is 13.1. The van der Waals surface area contributed by atoms with E-state index in [1.165, 1.54) is 18.2 Å². The number of hydrogen-bond acceptors (Lipinski definition) is 3. The first kappa shape index (κ1) is 10.6. The van der Waals surface area contributed by atoms with Gasteiger partial charge in [-0.3, -0.25) is 4.79 Å². The Morgan fingerprint density at radius 2 is 1.93 bits per heavy atom. The van der Waals surface area contributed by atoms with E-state index in [1.54, 1.807) is 6.07 Å². The summed E-state index contributed by atoms with van der Waals surface area (Å²) in [6.45, 7) is 0. The molecular weight excluding hydrogens is 187 g/mol. The van der Waals surface area contributed by atoms with Crippen LogP contribution in [-0.4, -0.2) is 17.1 Å². The van der Waals surface area contributed by atoms with E-state index >= 15 is 0 Å². The minimum atomic E-state index is -1.30. The largest absolute Gasteiger partial charge is 0.480 e. The van der Waals surface area contributed by atoms with E-state index in [-0.39, 0.29) is 5.56 Å². The lowest BCUT2D eigenvalue weighted by Crippen LogP contribution is -2.41. The third-order valence-corrected chi connectivity index (χ3v) is 1.94. The van der Waals surface area contributed by atoms with Crippen LogP contribution in [-0.2, 0) is 4.79 Å². The number of carboxylic acid groups (broad SMARTS) is 1. The molecule has 1 aromatic rings. The number of halogens is 1. The van der Waals surface area contributed by atoms with Gasteiger partial charge in [-0.1, -0.05) is 18.2 Å². The van der Waals surface area contributed by atoms with Crippen molar-refractivity contribution in [2.45, 2.75) is 12.1 Å². The summed E-state index contributed by atoms with van der Waals surface area (Å²) >= 11 is 0. The van der Waals surface area contributed by atoms with Crippen LogP contribution in [0.5, 0.6) is 0 Å². The second kappa shape index (κ2) is 4.17. The summed E-state index contributed by atoms with van der Waals surface area (Å²) in [6, 6.07) is 3.37. The Balaban J connectivity index is 2.94. The van der Waals surface area contributed by atoms with Crippen LogP contribution in [0.15, 0.2) is 24.3 Å². The van der Waals surface area contributed by atoms with E-state index < -0.39 is 23.9 Å². The molecule has 76 valence electrons. The first-order valence-electron chi connectivity index (χ1n) is 4.02. The molecule has 0 aliphatic heterocycles. The van der Waals surface area contributed by atoms with Gasteiger partial charge in [-0.15, -0.1) is 0 Å². The van der Waals surface area contributed by atoms with Gasteiger partial charge < -0.3 is 16.6 Å².